The highest BCUT2D eigenvalue weighted by atomic mass is 19.3. The zero-order chi connectivity index (χ0) is 29.1. The van der Waals surface area contributed by atoms with Crippen LogP contribution in [0.15, 0.2) is 82.1 Å². The number of carboxylic acid groups (broad SMARTS) is 1. The molecule has 0 atom stereocenters. The van der Waals surface area contributed by atoms with Crippen LogP contribution < -0.4 is 10.5 Å². The van der Waals surface area contributed by atoms with E-state index in [1.165, 1.54) is 24.0 Å². The van der Waals surface area contributed by atoms with Crippen LogP contribution in [0.5, 0.6) is 5.75 Å². The number of H-pyrrole nitrogens is 1. The van der Waals surface area contributed by atoms with Crippen LogP contribution in [0.2, 0.25) is 0 Å². The first-order valence-electron chi connectivity index (χ1n) is 12.2. The van der Waals surface area contributed by atoms with Crippen LogP contribution in [0.4, 0.5) is 14.6 Å². The molecule has 0 bridgehead atoms. The van der Waals surface area contributed by atoms with Crippen molar-refractivity contribution < 1.29 is 32.3 Å². The summed E-state index contributed by atoms with van der Waals surface area (Å²) in [5.41, 5.74) is 8.85. The zero-order valence-corrected chi connectivity index (χ0v) is 21.8. The summed E-state index contributed by atoms with van der Waals surface area (Å²) >= 11 is 0. The number of aromatic amines is 1. The van der Waals surface area contributed by atoms with Crippen LogP contribution >= 0.6 is 0 Å². The molecule has 0 unspecified atom stereocenters. The van der Waals surface area contributed by atoms with Crippen molar-refractivity contribution in [2.45, 2.75) is 19.4 Å². The summed E-state index contributed by atoms with van der Waals surface area (Å²) in [6.07, 6.45) is 2.70. The number of nitrogens with one attached hydrogen (secondary N) is 1. The molecule has 210 valence electrons. The normalized spacial score (nSPS) is 11.3. The second-order valence-electron chi connectivity index (χ2n) is 8.94. The number of carbonyl (C=O) groups is 1. The Bertz CT molecular complexity index is 1810. The van der Waals surface area contributed by atoms with Gasteiger partial charge in [-0.1, -0.05) is 30.3 Å². The van der Waals surface area contributed by atoms with E-state index in [1.54, 1.807) is 30.5 Å². The number of nitrogens with two attached hydrogens (primary N) is 1. The highest BCUT2D eigenvalue weighted by Crippen LogP contribution is 2.33. The van der Waals surface area contributed by atoms with Crippen molar-refractivity contribution in [2.24, 2.45) is 0 Å². The number of fused-ring (bicyclic) bond motifs is 1. The number of anilines is 1. The summed E-state index contributed by atoms with van der Waals surface area (Å²) < 4.78 is 41.8. The van der Waals surface area contributed by atoms with Crippen molar-refractivity contribution in [2.75, 3.05) is 12.8 Å². The van der Waals surface area contributed by atoms with E-state index in [0.717, 1.165) is 29.8 Å². The zero-order valence-electron chi connectivity index (χ0n) is 21.8. The number of para-hydroxylation sites is 1. The quantitative estimate of drug-likeness (QED) is 0.218. The molecule has 6 rings (SSSR count). The molecule has 4 heterocycles. The topological polar surface area (TPSA) is 158 Å². The van der Waals surface area contributed by atoms with Gasteiger partial charge in [-0.05, 0) is 30.3 Å². The Morgan fingerprint density at radius 2 is 1.98 bits per heavy atom. The third kappa shape index (κ3) is 5.78. The van der Waals surface area contributed by atoms with Gasteiger partial charge < -0.3 is 29.4 Å². The first kappa shape index (κ1) is 27.1. The standard InChI is InChI=1S/C17H15F2N5O.C11H9NO4/c1-17(18,19)14-7-6-10(25-14)9-24-21-8-13(23-24)15-11-4-2-3-5-12(11)22-16(15)20;1-15-8-4-2-3-7(5-8)10-9(11(13)14)12-6-16-10/h2-8,22H,9,20H2,1H3;2-6H,1H3,(H,13,14). The number of aromatic nitrogens is 5. The van der Waals surface area contributed by atoms with E-state index in [-0.39, 0.29) is 23.8 Å². The van der Waals surface area contributed by atoms with E-state index in [0.29, 0.717) is 28.6 Å². The fourth-order valence-corrected chi connectivity index (χ4v) is 4.13. The van der Waals surface area contributed by atoms with Gasteiger partial charge in [-0.2, -0.15) is 23.8 Å². The lowest BCUT2D eigenvalue weighted by Crippen LogP contribution is -2.05. The number of rotatable bonds is 7. The number of alkyl halides is 2. The number of nitrogen functional groups attached to an aromatic ring is 1. The monoisotopic (exact) mass is 562 g/mol. The molecule has 4 aromatic heterocycles. The number of carboxylic acids is 1. The summed E-state index contributed by atoms with van der Waals surface area (Å²) in [6, 6.07) is 17.4. The number of halogens is 2. The number of ether oxygens (including phenoxy) is 1. The predicted octanol–water partition coefficient (Wildman–Crippen LogP) is 5.81. The summed E-state index contributed by atoms with van der Waals surface area (Å²) in [7, 11) is 1.54. The predicted molar refractivity (Wildman–Crippen MR) is 145 cm³/mol. The number of furan rings is 1. The number of hydrogen-bond acceptors (Lipinski definition) is 8. The van der Waals surface area contributed by atoms with E-state index < -0.39 is 11.9 Å². The first-order chi connectivity index (χ1) is 19.6. The number of hydrogen-bond donors (Lipinski definition) is 3. The van der Waals surface area contributed by atoms with E-state index in [1.807, 2.05) is 24.3 Å². The molecule has 0 aliphatic heterocycles. The van der Waals surface area contributed by atoms with Gasteiger partial charge in [-0.15, -0.1) is 0 Å². The van der Waals surface area contributed by atoms with Crippen molar-refractivity contribution in [3.05, 3.63) is 90.5 Å². The fraction of sp³-hybridized carbons (Fsp3) is 0.143. The number of benzene rings is 2. The maximum atomic E-state index is 13.2. The fourth-order valence-electron chi connectivity index (χ4n) is 4.13. The van der Waals surface area contributed by atoms with Crippen molar-refractivity contribution in [3.63, 3.8) is 0 Å². The minimum absolute atomic E-state index is 0.103. The minimum atomic E-state index is -3.01. The number of oxazole rings is 1. The van der Waals surface area contributed by atoms with Gasteiger partial charge >= 0.3 is 11.9 Å². The minimum Gasteiger partial charge on any atom is -0.497 e. The average molecular weight is 563 g/mol. The van der Waals surface area contributed by atoms with Crippen LogP contribution in [-0.2, 0) is 12.5 Å². The van der Waals surface area contributed by atoms with Crippen molar-refractivity contribution in [1.82, 2.24) is 25.0 Å². The molecule has 0 saturated heterocycles. The maximum absolute atomic E-state index is 13.2. The molecule has 4 N–H and O–H groups in total. The highest BCUT2D eigenvalue weighted by Gasteiger charge is 2.28. The summed E-state index contributed by atoms with van der Waals surface area (Å²) in [5, 5.41) is 18.4. The number of aromatic carboxylic acids is 1. The molecule has 0 aliphatic rings. The largest absolute Gasteiger partial charge is 0.497 e. The molecule has 2 aromatic carbocycles. The molecule has 6 aromatic rings. The third-order valence-electron chi connectivity index (χ3n) is 6.02. The summed E-state index contributed by atoms with van der Waals surface area (Å²) in [4.78, 5) is 19.0. The Labute approximate surface area is 231 Å². The van der Waals surface area contributed by atoms with Gasteiger partial charge in [0, 0.05) is 23.4 Å². The van der Waals surface area contributed by atoms with E-state index in [2.05, 4.69) is 20.2 Å². The second-order valence-corrected chi connectivity index (χ2v) is 8.94. The third-order valence-corrected chi connectivity index (χ3v) is 6.02. The Balaban J connectivity index is 0.000000182. The van der Waals surface area contributed by atoms with E-state index >= 15 is 0 Å². The molecule has 0 fully saturated rings. The van der Waals surface area contributed by atoms with Gasteiger partial charge in [0.25, 0.3) is 0 Å². The summed E-state index contributed by atoms with van der Waals surface area (Å²) in [6.45, 7) is 0.942. The second kappa shape index (κ2) is 11.0. The summed E-state index contributed by atoms with van der Waals surface area (Å²) in [5.74, 6) is -2.80. The molecule has 0 amide bonds. The Hall–Kier alpha value is -5.46. The molecule has 0 radical (unpaired) electrons. The SMILES string of the molecule is CC(F)(F)c1ccc(Cn2ncc(-c3c(N)[nH]c4ccccc34)n2)o1.COc1cccc(-c2ocnc2C(=O)O)c1. The molecule has 0 saturated carbocycles. The molecular formula is C28H24F2N6O5. The van der Waals surface area contributed by atoms with Gasteiger partial charge in [0.15, 0.2) is 23.6 Å². The molecule has 11 nitrogen and oxygen atoms in total. The van der Waals surface area contributed by atoms with Crippen LogP contribution in [-0.4, -0.2) is 43.1 Å². The van der Waals surface area contributed by atoms with Gasteiger partial charge in [-0.25, -0.2) is 9.78 Å². The van der Waals surface area contributed by atoms with Gasteiger partial charge in [0.2, 0.25) is 0 Å². The van der Waals surface area contributed by atoms with Gasteiger partial charge in [-0.3, -0.25) is 0 Å². The lowest BCUT2D eigenvalue weighted by atomic mass is 10.1. The number of nitrogens with zero attached hydrogens (tertiary/aromatic N) is 4. The smallest absolute Gasteiger partial charge is 0.358 e. The lowest BCUT2D eigenvalue weighted by molar-refractivity contribution is -0.00641. The Kier molecular flexibility index (Phi) is 7.25. The van der Waals surface area contributed by atoms with Crippen LogP contribution in [0.25, 0.3) is 33.5 Å². The van der Waals surface area contributed by atoms with Crippen LogP contribution in [0.3, 0.4) is 0 Å². The molecule has 0 spiro atoms. The van der Waals surface area contributed by atoms with E-state index in [9.17, 15) is 13.6 Å². The highest BCUT2D eigenvalue weighted by molar-refractivity contribution is 6.00. The number of methoxy groups -OCH3 is 1. The van der Waals surface area contributed by atoms with Crippen molar-refractivity contribution >= 4 is 22.7 Å². The Morgan fingerprint density at radius 1 is 1.17 bits per heavy atom. The van der Waals surface area contributed by atoms with Crippen LogP contribution in [0.1, 0.15) is 28.9 Å². The average Bonchev–Trinajstić information content (AvgIpc) is 3.74. The maximum Gasteiger partial charge on any atom is 0.358 e. The first-order valence-corrected chi connectivity index (χ1v) is 12.2. The molecule has 41 heavy (non-hydrogen) atoms. The molecule has 0 aliphatic carbocycles. The molecule has 13 heteroatoms. The lowest BCUT2D eigenvalue weighted by Gasteiger charge is -2.05. The Morgan fingerprint density at radius 3 is 2.71 bits per heavy atom. The molecular weight excluding hydrogens is 538 g/mol. The van der Waals surface area contributed by atoms with E-state index in [4.69, 9.17) is 24.4 Å². The van der Waals surface area contributed by atoms with Gasteiger partial charge in [0.1, 0.15) is 29.6 Å². The van der Waals surface area contributed by atoms with Crippen LogP contribution in [0, 0.1) is 0 Å². The van der Waals surface area contributed by atoms with Gasteiger partial charge in [0.05, 0.1) is 18.9 Å². The van der Waals surface area contributed by atoms with Crippen molar-refractivity contribution in [3.8, 4) is 28.3 Å². The van der Waals surface area contributed by atoms with Crippen molar-refractivity contribution in [1.29, 1.82) is 0 Å².